The minimum absolute atomic E-state index is 0.0959. The van der Waals surface area contributed by atoms with Crippen molar-refractivity contribution in [3.8, 4) is 11.5 Å². The van der Waals surface area contributed by atoms with Crippen molar-refractivity contribution in [2.75, 3.05) is 31.7 Å². The predicted molar refractivity (Wildman–Crippen MR) is 115 cm³/mol. The van der Waals surface area contributed by atoms with Gasteiger partial charge in [0.1, 0.15) is 18.9 Å². The fraction of sp³-hybridized carbons (Fsp3) is 0.261. The van der Waals surface area contributed by atoms with Crippen LogP contribution in [-0.4, -0.2) is 49.3 Å². The normalized spacial score (nSPS) is 15.8. The molecule has 2 aliphatic rings. The summed E-state index contributed by atoms with van der Waals surface area (Å²) in [5, 5.41) is 5.43. The van der Waals surface area contributed by atoms with Crippen LogP contribution < -0.4 is 14.4 Å². The van der Waals surface area contributed by atoms with E-state index in [0.717, 1.165) is 5.56 Å². The van der Waals surface area contributed by atoms with Crippen LogP contribution in [0.4, 0.5) is 5.69 Å². The highest BCUT2D eigenvalue weighted by Gasteiger charge is 2.27. The van der Waals surface area contributed by atoms with Crippen LogP contribution in [-0.2, 0) is 9.59 Å². The highest BCUT2D eigenvalue weighted by atomic mass is 16.6. The maximum atomic E-state index is 13.3. The maximum Gasteiger partial charge on any atom is 0.274 e. The molecule has 4 rings (SSSR count). The number of nitrogens with zero attached hydrogens (tertiary/aromatic N) is 3. The Kier molecular flexibility index (Phi) is 5.79. The average Bonchev–Trinajstić information content (AvgIpc) is 2.78. The molecule has 0 bridgehead atoms. The number of amides is 2. The molecule has 2 amide bonds. The van der Waals surface area contributed by atoms with Crippen molar-refractivity contribution in [2.24, 2.45) is 5.10 Å². The lowest BCUT2D eigenvalue weighted by Gasteiger charge is -2.27. The zero-order valence-electron chi connectivity index (χ0n) is 16.8. The van der Waals surface area contributed by atoms with E-state index in [0.29, 0.717) is 49.1 Å². The molecule has 2 aromatic rings. The van der Waals surface area contributed by atoms with Crippen molar-refractivity contribution in [1.82, 2.24) is 5.01 Å². The van der Waals surface area contributed by atoms with Crippen LogP contribution in [0.2, 0.25) is 0 Å². The van der Waals surface area contributed by atoms with Gasteiger partial charge in [-0.3, -0.25) is 9.59 Å². The van der Waals surface area contributed by atoms with Gasteiger partial charge in [-0.15, -0.1) is 0 Å². The van der Waals surface area contributed by atoms with E-state index in [4.69, 9.17) is 9.47 Å². The van der Waals surface area contributed by atoms with Crippen LogP contribution in [0.5, 0.6) is 11.5 Å². The highest BCUT2D eigenvalue weighted by Crippen LogP contribution is 2.34. The van der Waals surface area contributed by atoms with Gasteiger partial charge in [0.05, 0.1) is 0 Å². The molecular weight excluding hydrogens is 382 g/mol. The van der Waals surface area contributed by atoms with Gasteiger partial charge >= 0.3 is 0 Å². The van der Waals surface area contributed by atoms with Gasteiger partial charge in [-0.05, 0) is 17.7 Å². The van der Waals surface area contributed by atoms with Crippen LogP contribution in [0.15, 0.2) is 59.7 Å². The Balaban J connectivity index is 1.62. The molecule has 0 fully saturated rings. The Hall–Kier alpha value is -3.61. The first-order valence-electron chi connectivity index (χ1n) is 9.89. The van der Waals surface area contributed by atoms with Gasteiger partial charge < -0.3 is 14.4 Å². The Labute approximate surface area is 175 Å². The number of rotatable bonds is 5. The lowest BCUT2D eigenvalue weighted by Crippen LogP contribution is -2.41. The van der Waals surface area contributed by atoms with Crippen LogP contribution in [0, 0.1) is 0 Å². The zero-order valence-corrected chi connectivity index (χ0v) is 16.8. The number of ether oxygens (including phenoxy) is 2. The number of carbonyl (C=O) groups is 2. The lowest BCUT2D eigenvalue weighted by molar-refractivity contribution is -0.130. The van der Waals surface area contributed by atoms with Gasteiger partial charge in [-0.25, -0.2) is 5.01 Å². The molecular formula is C23H23N3O4. The molecule has 30 heavy (non-hydrogen) atoms. The molecule has 0 atom stereocenters. The summed E-state index contributed by atoms with van der Waals surface area (Å²) in [6, 6.07) is 15.3. The highest BCUT2D eigenvalue weighted by molar-refractivity contribution is 6.44. The molecule has 7 heteroatoms. The zero-order chi connectivity index (χ0) is 20.9. The van der Waals surface area contributed by atoms with E-state index in [9.17, 15) is 9.59 Å². The molecule has 7 nitrogen and oxygen atoms in total. The summed E-state index contributed by atoms with van der Waals surface area (Å²) in [5.74, 6) is 0.948. The van der Waals surface area contributed by atoms with Crippen molar-refractivity contribution < 1.29 is 19.1 Å². The Morgan fingerprint density at radius 1 is 1.10 bits per heavy atom. The van der Waals surface area contributed by atoms with Crippen molar-refractivity contribution in [2.45, 2.75) is 12.8 Å². The standard InChI is InChI=1S/C23H23N3O4/c1-25-22(27)12-10-19(24-25)23(28)26(13-5-8-17-6-3-2-4-7-17)18-9-11-20-21(16-18)30-15-14-29-20/h2-9,11,16H,10,12-15H2,1H3/b8-5-. The van der Waals surface area contributed by atoms with Crippen LogP contribution in [0.3, 0.4) is 0 Å². The number of fused-ring (bicyclic) bond motifs is 1. The van der Waals surface area contributed by atoms with Crippen molar-refractivity contribution >= 4 is 29.3 Å². The van der Waals surface area contributed by atoms with Crippen molar-refractivity contribution in [1.29, 1.82) is 0 Å². The van der Waals surface area contributed by atoms with Gasteiger partial charge in [0, 0.05) is 38.2 Å². The largest absolute Gasteiger partial charge is 0.486 e. The number of carbonyl (C=O) groups excluding carboxylic acids is 2. The average molecular weight is 405 g/mol. The number of hydrogen-bond donors (Lipinski definition) is 0. The van der Waals surface area contributed by atoms with Crippen molar-refractivity contribution in [3.63, 3.8) is 0 Å². The van der Waals surface area contributed by atoms with Gasteiger partial charge in [0.2, 0.25) is 5.91 Å². The van der Waals surface area contributed by atoms with E-state index >= 15 is 0 Å². The number of hydrogen-bond acceptors (Lipinski definition) is 5. The van der Waals surface area contributed by atoms with Gasteiger partial charge in [-0.1, -0.05) is 42.5 Å². The van der Waals surface area contributed by atoms with Crippen LogP contribution in [0.1, 0.15) is 18.4 Å². The second-order valence-corrected chi connectivity index (χ2v) is 7.02. The summed E-state index contributed by atoms with van der Waals surface area (Å²) < 4.78 is 11.3. The molecule has 2 aromatic carbocycles. The van der Waals surface area contributed by atoms with Gasteiger partial charge in [0.25, 0.3) is 5.91 Å². The minimum atomic E-state index is -0.233. The Bertz CT molecular complexity index is 1000. The molecule has 0 saturated carbocycles. The van der Waals surface area contributed by atoms with E-state index in [-0.39, 0.29) is 18.2 Å². The van der Waals surface area contributed by atoms with Gasteiger partial charge in [-0.2, -0.15) is 5.10 Å². The molecule has 0 unspecified atom stereocenters. The number of anilines is 1. The second-order valence-electron chi connectivity index (χ2n) is 7.02. The SMILES string of the molecule is CN1N=C(C(=O)N(C/C=C\c2ccccc2)c2ccc3c(c2)OCCO3)CCC1=O. The first kappa shape index (κ1) is 19.7. The smallest absolute Gasteiger partial charge is 0.274 e. The van der Waals surface area contributed by atoms with E-state index in [1.807, 2.05) is 54.6 Å². The minimum Gasteiger partial charge on any atom is -0.486 e. The van der Waals surface area contributed by atoms with E-state index < -0.39 is 0 Å². The Morgan fingerprint density at radius 3 is 2.63 bits per heavy atom. The third-order valence-electron chi connectivity index (χ3n) is 4.93. The topological polar surface area (TPSA) is 71.4 Å². The summed E-state index contributed by atoms with van der Waals surface area (Å²) in [7, 11) is 1.57. The summed E-state index contributed by atoms with van der Waals surface area (Å²) in [4.78, 5) is 26.7. The summed E-state index contributed by atoms with van der Waals surface area (Å²) in [5.41, 5.74) is 2.09. The fourth-order valence-electron chi connectivity index (χ4n) is 3.34. The monoisotopic (exact) mass is 405 g/mol. The van der Waals surface area contributed by atoms with E-state index in [1.165, 1.54) is 5.01 Å². The molecule has 0 aliphatic carbocycles. The quantitative estimate of drug-likeness (QED) is 0.766. The second kappa shape index (κ2) is 8.82. The fourth-order valence-corrected chi connectivity index (χ4v) is 3.34. The molecule has 0 N–H and O–H groups in total. The first-order valence-corrected chi connectivity index (χ1v) is 9.89. The summed E-state index contributed by atoms with van der Waals surface area (Å²) >= 11 is 0. The lowest BCUT2D eigenvalue weighted by atomic mass is 10.1. The number of benzene rings is 2. The molecule has 154 valence electrons. The summed E-state index contributed by atoms with van der Waals surface area (Å²) in [6.07, 6.45) is 4.50. The molecule has 0 spiro atoms. The Morgan fingerprint density at radius 2 is 1.87 bits per heavy atom. The molecule has 2 heterocycles. The van der Waals surface area contributed by atoms with Gasteiger partial charge in [0.15, 0.2) is 11.5 Å². The summed E-state index contributed by atoms with van der Waals surface area (Å²) in [6.45, 7) is 1.33. The maximum absolute atomic E-state index is 13.3. The molecule has 0 aromatic heterocycles. The third kappa shape index (κ3) is 4.35. The number of hydrazone groups is 1. The van der Waals surface area contributed by atoms with Crippen LogP contribution in [0.25, 0.3) is 6.08 Å². The molecule has 0 saturated heterocycles. The molecule has 2 aliphatic heterocycles. The predicted octanol–water partition coefficient (Wildman–Crippen LogP) is 3.11. The van der Waals surface area contributed by atoms with E-state index in [1.54, 1.807) is 18.0 Å². The third-order valence-corrected chi connectivity index (χ3v) is 4.93. The molecule has 0 radical (unpaired) electrons. The van der Waals surface area contributed by atoms with E-state index in [2.05, 4.69) is 5.10 Å². The van der Waals surface area contributed by atoms with Crippen LogP contribution >= 0.6 is 0 Å². The first-order chi connectivity index (χ1) is 14.6. The van der Waals surface area contributed by atoms with Crippen molar-refractivity contribution in [3.05, 3.63) is 60.2 Å².